The Morgan fingerprint density at radius 1 is 0.431 bits per heavy atom. The molecule has 0 unspecified atom stereocenters. The van der Waals surface area contributed by atoms with Crippen LogP contribution in [0.25, 0.3) is 116 Å². The molecule has 0 radical (unpaired) electrons. The lowest BCUT2D eigenvalue weighted by Gasteiger charge is -2.13. The number of rotatable bonds is 5. The topological polar surface area (TPSA) is 56.7 Å². The average Bonchev–Trinajstić information content (AvgIpc) is 3.89. The minimum absolute atomic E-state index is 0.0933. The van der Waals surface area contributed by atoms with Gasteiger partial charge in [-0.2, -0.15) is 0 Å². The maximum Gasteiger partial charge on any atom is 0.167 e. The first kappa shape index (κ1) is 27.7. The van der Waals surface area contributed by atoms with Crippen molar-refractivity contribution < 1.29 is 11.3 Å². The van der Waals surface area contributed by atoms with Gasteiger partial charge in [0.1, 0.15) is 11.2 Å². The molecule has 3 aromatic heterocycles. The molecule has 0 aliphatic carbocycles. The first-order valence-electron chi connectivity index (χ1n) is 21.6. The van der Waals surface area contributed by atoms with Crippen molar-refractivity contribution in [2.45, 2.75) is 0 Å². The summed E-state index contributed by atoms with van der Waals surface area (Å²) in [6.07, 6.45) is 0. The summed E-state index contributed by atoms with van der Waals surface area (Å²) in [5.74, 6) is 1.35. The number of furan rings is 1. The lowest BCUT2D eigenvalue weighted by Crippen LogP contribution is -2.01. The summed E-state index contributed by atoms with van der Waals surface area (Å²) in [5.41, 5.74) is 6.53. The Hall–Kier alpha value is -7.89. The van der Waals surface area contributed by atoms with Gasteiger partial charge >= 0.3 is 0 Å². The van der Waals surface area contributed by atoms with Crippen LogP contribution in [0.3, 0.4) is 0 Å². The fraction of sp³-hybridized carbons (Fsp3) is 0. The summed E-state index contributed by atoms with van der Waals surface area (Å²) in [6, 6.07) is 53.0. The van der Waals surface area contributed by atoms with E-state index in [9.17, 15) is 0 Å². The largest absolute Gasteiger partial charge is 0.455 e. The third-order valence-electron chi connectivity index (χ3n) is 11.1. The van der Waals surface area contributed by atoms with Crippen molar-refractivity contribution in [1.82, 2.24) is 19.5 Å². The second-order valence-electron chi connectivity index (χ2n) is 14.4. The summed E-state index contributed by atoms with van der Waals surface area (Å²) >= 11 is 0. The molecule has 12 aromatic rings. The van der Waals surface area contributed by atoms with Crippen LogP contribution >= 0.6 is 0 Å². The van der Waals surface area contributed by atoms with Gasteiger partial charge in [-0.3, -0.25) is 0 Å². The molecular formula is C53H32N4O. The molecule has 0 saturated heterocycles. The molecule has 0 bridgehead atoms. The predicted molar refractivity (Wildman–Crippen MR) is 238 cm³/mol. The van der Waals surface area contributed by atoms with E-state index in [0.29, 0.717) is 50.5 Å². The van der Waals surface area contributed by atoms with Crippen LogP contribution in [0.2, 0.25) is 0 Å². The molecule has 0 amide bonds. The summed E-state index contributed by atoms with van der Waals surface area (Å²) in [6.45, 7) is 0. The molecule has 5 nitrogen and oxygen atoms in total. The van der Waals surface area contributed by atoms with Crippen molar-refractivity contribution in [2.24, 2.45) is 0 Å². The Labute approximate surface area is 340 Å². The zero-order valence-corrected chi connectivity index (χ0v) is 30.8. The van der Waals surface area contributed by atoms with Crippen molar-refractivity contribution in [3.8, 4) is 51.0 Å². The second kappa shape index (κ2) is 12.8. The van der Waals surface area contributed by atoms with Crippen LogP contribution in [0, 0.1) is 0 Å². The van der Waals surface area contributed by atoms with Crippen molar-refractivity contribution in [3.63, 3.8) is 0 Å². The number of fused-ring (bicyclic) bond motifs is 9. The van der Waals surface area contributed by atoms with Crippen LogP contribution in [0.1, 0.15) is 6.85 Å². The van der Waals surface area contributed by atoms with Gasteiger partial charge in [0.2, 0.25) is 0 Å². The van der Waals surface area contributed by atoms with Crippen LogP contribution < -0.4 is 0 Å². The maximum absolute atomic E-state index is 8.99. The molecule has 3 heterocycles. The summed E-state index contributed by atoms with van der Waals surface area (Å²) in [5, 5.41) is 7.91. The highest BCUT2D eigenvalue weighted by Crippen LogP contribution is 2.43. The molecular weight excluding hydrogens is 709 g/mol. The first-order chi connectivity index (χ1) is 30.8. The molecule has 0 saturated carbocycles. The molecule has 0 fully saturated rings. The summed E-state index contributed by atoms with van der Waals surface area (Å²) in [4.78, 5) is 15.6. The van der Waals surface area contributed by atoms with Crippen LogP contribution in [-0.2, 0) is 0 Å². The molecule has 58 heavy (non-hydrogen) atoms. The SMILES string of the molecule is [2H]c1c([2H])c([2H])c(-c2cccc3oc4c(-c5nc(-c6ccccc6)nc(-c6ccc7ccc8ccccc8c7c6)n5)cc(-n5c6ccccc6c6ccccc65)cc4c23)c([2H])c1[2H]. The van der Waals surface area contributed by atoms with Crippen molar-refractivity contribution >= 4 is 65.3 Å². The summed E-state index contributed by atoms with van der Waals surface area (Å²) in [7, 11) is 0. The first-order valence-corrected chi connectivity index (χ1v) is 19.1. The second-order valence-corrected chi connectivity index (χ2v) is 14.4. The maximum atomic E-state index is 8.99. The van der Waals surface area contributed by atoms with Gasteiger partial charge in [-0.1, -0.05) is 158 Å². The molecule has 0 aliphatic heterocycles. The van der Waals surface area contributed by atoms with Crippen molar-refractivity contribution in [2.75, 3.05) is 0 Å². The van der Waals surface area contributed by atoms with Gasteiger partial charge in [-0.05, 0) is 69.1 Å². The van der Waals surface area contributed by atoms with Crippen LogP contribution in [0.15, 0.2) is 198 Å². The van der Waals surface area contributed by atoms with Crippen LogP contribution in [0.4, 0.5) is 0 Å². The van der Waals surface area contributed by atoms with E-state index in [0.717, 1.165) is 60.2 Å². The predicted octanol–water partition coefficient (Wildman–Crippen LogP) is 13.8. The average molecular weight is 746 g/mol. The Morgan fingerprint density at radius 3 is 1.84 bits per heavy atom. The highest BCUT2D eigenvalue weighted by molar-refractivity contribution is 6.17. The van der Waals surface area contributed by atoms with Gasteiger partial charge in [0.25, 0.3) is 0 Å². The number of hydrogen-bond acceptors (Lipinski definition) is 4. The molecule has 0 aliphatic rings. The van der Waals surface area contributed by atoms with Gasteiger partial charge in [-0.25, -0.2) is 15.0 Å². The van der Waals surface area contributed by atoms with Gasteiger partial charge in [0.15, 0.2) is 17.5 Å². The van der Waals surface area contributed by atoms with Crippen LogP contribution in [-0.4, -0.2) is 19.5 Å². The zero-order valence-electron chi connectivity index (χ0n) is 35.8. The van der Waals surface area contributed by atoms with Gasteiger partial charge < -0.3 is 8.98 Å². The van der Waals surface area contributed by atoms with E-state index in [1.54, 1.807) is 12.1 Å². The Bertz CT molecular complexity index is 3800. The van der Waals surface area contributed by atoms with Gasteiger partial charge in [0, 0.05) is 38.4 Å². The van der Waals surface area contributed by atoms with E-state index in [1.807, 2.05) is 72.8 Å². The van der Waals surface area contributed by atoms with Crippen molar-refractivity contribution in [3.05, 3.63) is 194 Å². The standard InChI is InChI=1S/C53H32N4O/c1-3-14-33(15-4-1)40-22-13-25-48-49(40)44-31-38(57-46-23-11-9-20-41(46)42-21-10-12-24-47(42)57)32-45(50(44)58-48)53-55-51(36-17-5-2-6-18-36)54-52(56-53)37-29-28-35-27-26-34-16-7-8-19-39(34)43(35)30-37/h1-32H/i1D,3D,4D,14D,15D. The fourth-order valence-electron chi connectivity index (χ4n) is 8.49. The van der Waals surface area contributed by atoms with Crippen molar-refractivity contribution in [1.29, 1.82) is 0 Å². The van der Waals surface area contributed by atoms with E-state index in [1.165, 1.54) is 0 Å². The number of hydrogen-bond donors (Lipinski definition) is 0. The number of aromatic nitrogens is 4. The quantitative estimate of drug-likeness (QED) is 0.165. The number of para-hydroxylation sites is 2. The molecule has 0 atom stereocenters. The van der Waals surface area contributed by atoms with E-state index in [-0.39, 0.29) is 17.6 Å². The Balaban J connectivity index is 1.20. The van der Waals surface area contributed by atoms with E-state index in [4.69, 9.17) is 26.2 Å². The minimum atomic E-state index is -0.451. The monoisotopic (exact) mass is 745 g/mol. The molecule has 5 heteroatoms. The molecule has 0 N–H and O–H groups in total. The molecule has 270 valence electrons. The summed E-state index contributed by atoms with van der Waals surface area (Å²) < 4.78 is 52.5. The van der Waals surface area contributed by atoms with Gasteiger partial charge in [0.05, 0.1) is 23.5 Å². The van der Waals surface area contributed by atoms with E-state index >= 15 is 0 Å². The fourth-order valence-corrected chi connectivity index (χ4v) is 8.49. The van der Waals surface area contributed by atoms with Crippen LogP contribution in [0.5, 0.6) is 0 Å². The number of nitrogens with zero attached hydrogens (tertiary/aromatic N) is 4. The highest BCUT2D eigenvalue weighted by Gasteiger charge is 2.23. The molecule has 12 rings (SSSR count). The van der Waals surface area contributed by atoms with E-state index in [2.05, 4.69) is 83.4 Å². The minimum Gasteiger partial charge on any atom is -0.455 e. The zero-order chi connectivity index (χ0) is 42.5. The third kappa shape index (κ3) is 5.07. The normalized spacial score (nSPS) is 13.0. The molecule has 9 aromatic carbocycles. The smallest absolute Gasteiger partial charge is 0.167 e. The molecule has 0 spiro atoms. The highest BCUT2D eigenvalue weighted by atomic mass is 16.3. The lowest BCUT2D eigenvalue weighted by molar-refractivity contribution is 0.669. The lowest BCUT2D eigenvalue weighted by atomic mass is 9.98. The van der Waals surface area contributed by atoms with E-state index < -0.39 is 18.1 Å². The Kier molecular flexibility index (Phi) is 6.12. The number of benzene rings is 9. The van der Waals surface area contributed by atoms with Gasteiger partial charge in [-0.15, -0.1) is 0 Å². The third-order valence-corrected chi connectivity index (χ3v) is 11.1. The Morgan fingerprint density at radius 2 is 1.07 bits per heavy atom.